The number of quaternary nitrogens is 1. The topological polar surface area (TPSA) is 28.2 Å². The molecule has 1 rings (SSSR count). The van der Waals surface area contributed by atoms with Crippen LogP contribution in [0.4, 0.5) is 0 Å². The molecule has 0 radical (unpaired) electrons. The second-order valence-corrected chi connectivity index (χ2v) is 5.91. The molecular weight excluding hydrogens is 232 g/mol. The molecule has 0 aromatic heterocycles. The van der Waals surface area contributed by atoms with Gasteiger partial charge in [0.2, 0.25) is 0 Å². The van der Waals surface area contributed by atoms with Crippen LogP contribution in [0.5, 0.6) is 0 Å². The van der Waals surface area contributed by atoms with Crippen LogP contribution in [0.15, 0.2) is 0 Å². The van der Waals surface area contributed by atoms with Gasteiger partial charge in [0.25, 0.3) is 0 Å². The molecule has 2 heteroatoms. The van der Waals surface area contributed by atoms with Gasteiger partial charge in [-0.15, -0.1) is 0 Å². The molecular formula is C17H34N2. The minimum Gasteiger partial charge on any atom is -0.512 e. The fourth-order valence-electron chi connectivity index (χ4n) is 3.32. The van der Waals surface area contributed by atoms with Crippen molar-refractivity contribution < 1.29 is 4.90 Å². The largest absolute Gasteiger partial charge is 0.512 e. The maximum atomic E-state index is 6.25. The summed E-state index contributed by atoms with van der Waals surface area (Å²) in [4.78, 5) is 1.93. The van der Waals surface area contributed by atoms with Crippen LogP contribution in [0.3, 0.4) is 0 Å². The average Bonchev–Trinajstić information content (AvgIpc) is 2.88. The van der Waals surface area contributed by atoms with E-state index in [1.165, 1.54) is 83.7 Å². The summed E-state index contributed by atoms with van der Waals surface area (Å²) in [5.74, 6) is 0. The van der Waals surface area contributed by atoms with Gasteiger partial charge < -0.3 is 16.7 Å². The summed E-state index contributed by atoms with van der Waals surface area (Å²) in [5.41, 5.74) is 0. The van der Waals surface area contributed by atoms with Crippen LogP contribution in [0.2, 0.25) is 0 Å². The number of nitrogens with zero attached hydrogens (tertiary/aromatic N) is 1. The van der Waals surface area contributed by atoms with Crippen LogP contribution in [0, 0.1) is 11.8 Å². The van der Waals surface area contributed by atoms with E-state index in [0.29, 0.717) is 0 Å². The summed E-state index contributed by atoms with van der Waals surface area (Å²) in [5, 5.41) is 6.25. The zero-order chi connectivity index (χ0) is 14.3. The summed E-state index contributed by atoms with van der Waals surface area (Å²) in [6, 6.07) is 1.01. The van der Waals surface area contributed by atoms with Gasteiger partial charge in [0.05, 0.1) is 19.1 Å². The molecule has 0 bridgehead atoms. The molecule has 1 aliphatic heterocycles. The van der Waals surface area contributed by atoms with Crippen molar-refractivity contribution in [3.8, 4) is 0 Å². The van der Waals surface area contributed by atoms with Gasteiger partial charge >= 0.3 is 0 Å². The summed E-state index contributed by atoms with van der Waals surface area (Å²) >= 11 is 0. The minimum atomic E-state index is 1.01. The van der Waals surface area contributed by atoms with Crippen molar-refractivity contribution in [2.75, 3.05) is 13.1 Å². The molecule has 2 unspecified atom stereocenters. The summed E-state index contributed by atoms with van der Waals surface area (Å²) < 4.78 is 0. The van der Waals surface area contributed by atoms with Crippen LogP contribution in [0.25, 0.3) is 0 Å². The molecule has 0 aromatic carbocycles. The maximum Gasteiger partial charge on any atom is 0.0876 e. The molecule has 2 atom stereocenters. The first-order valence-corrected chi connectivity index (χ1v) is 8.45. The predicted octanol–water partition coefficient (Wildman–Crippen LogP) is 3.68. The van der Waals surface area contributed by atoms with Crippen LogP contribution >= 0.6 is 0 Å². The van der Waals surface area contributed by atoms with E-state index >= 15 is 0 Å². The van der Waals surface area contributed by atoms with E-state index < -0.39 is 0 Å². The molecule has 0 saturated carbocycles. The van der Waals surface area contributed by atoms with Crippen LogP contribution in [-0.4, -0.2) is 19.1 Å². The van der Waals surface area contributed by atoms with Gasteiger partial charge in [0.15, 0.2) is 0 Å². The fraction of sp³-hybridized carbons (Fsp3) is 0.941. The second kappa shape index (κ2) is 13.9. The van der Waals surface area contributed by atoms with E-state index in [1.807, 2.05) is 4.90 Å². The molecule has 1 heterocycles. The Labute approximate surface area is 121 Å². The number of rotatable bonds is 10. The van der Waals surface area contributed by atoms with E-state index in [4.69, 9.17) is 11.8 Å². The van der Waals surface area contributed by atoms with Crippen LogP contribution in [0.1, 0.15) is 84.5 Å². The third-order valence-corrected chi connectivity index (χ3v) is 4.37. The van der Waals surface area contributed by atoms with Gasteiger partial charge in [-0.3, -0.25) is 0 Å². The van der Waals surface area contributed by atoms with Crippen LogP contribution < -0.4 is 4.90 Å². The number of hydrogen-bond acceptors (Lipinski definition) is 1. The lowest BCUT2D eigenvalue weighted by Crippen LogP contribution is -3.13. The van der Waals surface area contributed by atoms with E-state index in [9.17, 15) is 0 Å². The zero-order valence-electron chi connectivity index (χ0n) is 13.2. The van der Waals surface area contributed by atoms with Gasteiger partial charge in [-0.1, -0.05) is 52.4 Å². The molecule has 0 amide bonds. The smallest absolute Gasteiger partial charge is 0.0876 e. The van der Waals surface area contributed by atoms with Crippen molar-refractivity contribution in [1.82, 2.24) is 0 Å². The van der Waals surface area contributed by atoms with Gasteiger partial charge in [-0.25, -0.2) is 0 Å². The minimum absolute atomic E-state index is 1.01. The lowest BCUT2D eigenvalue weighted by Gasteiger charge is -2.21. The number of nitrogens with one attached hydrogen (secondary N) is 1. The first-order chi connectivity index (χ1) is 9.38. The number of hydrogen-bond donors (Lipinski definition) is 1. The van der Waals surface area contributed by atoms with Crippen molar-refractivity contribution in [3.05, 3.63) is 6.57 Å². The molecule has 1 N–H and O–H groups in total. The fourth-order valence-corrected chi connectivity index (χ4v) is 3.32. The van der Waals surface area contributed by atoms with Gasteiger partial charge in [-0.2, -0.15) is 0 Å². The van der Waals surface area contributed by atoms with E-state index in [-0.39, 0.29) is 0 Å². The Hall–Kier alpha value is -0.550. The highest BCUT2D eigenvalue weighted by Gasteiger charge is 2.26. The Kier molecular flexibility index (Phi) is 13.5. The molecule has 1 saturated heterocycles. The Balaban J connectivity index is 0.00000154. The highest BCUT2D eigenvalue weighted by molar-refractivity contribution is 4.61. The summed E-state index contributed by atoms with van der Waals surface area (Å²) in [6.45, 7) is 12.3. The maximum absolute atomic E-state index is 6.25. The first-order valence-electron chi connectivity index (χ1n) is 8.45. The van der Waals surface area contributed by atoms with E-state index in [2.05, 4.69) is 13.8 Å². The lowest BCUT2D eigenvalue weighted by atomic mass is 10.1. The summed E-state index contributed by atoms with van der Waals surface area (Å²) in [6.07, 6.45) is 16.0. The molecule has 0 spiro atoms. The Morgan fingerprint density at radius 3 is 2.21 bits per heavy atom. The van der Waals surface area contributed by atoms with Gasteiger partial charge in [0, 0.05) is 12.8 Å². The first kappa shape index (κ1) is 18.4. The molecule has 1 aliphatic rings. The second-order valence-electron chi connectivity index (χ2n) is 5.91. The van der Waals surface area contributed by atoms with Crippen molar-refractivity contribution in [3.63, 3.8) is 0 Å². The van der Waals surface area contributed by atoms with Crippen LogP contribution in [-0.2, 0) is 0 Å². The third kappa shape index (κ3) is 9.05. The molecule has 112 valence electrons. The van der Waals surface area contributed by atoms with E-state index in [1.54, 1.807) is 0 Å². The SMILES string of the molecule is CCCCCCCCC[NH+]1CCCC1CCC.[C-]#N. The molecule has 0 aromatic rings. The quantitative estimate of drug-likeness (QED) is 0.474. The van der Waals surface area contributed by atoms with Crippen molar-refractivity contribution in [2.45, 2.75) is 90.5 Å². The van der Waals surface area contributed by atoms with Crippen molar-refractivity contribution >= 4 is 0 Å². The standard InChI is InChI=1S/C16H33N.CN/c1-3-5-6-7-8-9-10-14-17-15-11-13-16(17)12-4-2;1-2/h16H,3-15H2,1-2H3;/q;-1/p+1. The Bertz CT molecular complexity index is 201. The molecule has 0 aliphatic carbocycles. The number of likely N-dealkylation sites (tertiary alicyclic amines) is 1. The zero-order valence-corrected chi connectivity index (χ0v) is 13.2. The third-order valence-electron chi connectivity index (χ3n) is 4.37. The highest BCUT2D eigenvalue weighted by atomic mass is 15.2. The van der Waals surface area contributed by atoms with Gasteiger partial charge in [0.1, 0.15) is 0 Å². The Morgan fingerprint density at radius 1 is 0.947 bits per heavy atom. The predicted molar refractivity (Wildman–Crippen MR) is 81.6 cm³/mol. The van der Waals surface area contributed by atoms with E-state index in [0.717, 1.165) is 6.04 Å². The molecule has 2 nitrogen and oxygen atoms in total. The van der Waals surface area contributed by atoms with Crippen molar-refractivity contribution in [1.29, 1.82) is 5.26 Å². The Morgan fingerprint density at radius 2 is 1.58 bits per heavy atom. The molecule has 1 fully saturated rings. The van der Waals surface area contributed by atoms with Crippen molar-refractivity contribution in [2.24, 2.45) is 0 Å². The lowest BCUT2D eigenvalue weighted by molar-refractivity contribution is -0.912. The van der Waals surface area contributed by atoms with Gasteiger partial charge in [-0.05, 0) is 19.3 Å². The average molecular weight is 266 g/mol. The molecule has 19 heavy (non-hydrogen) atoms. The highest BCUT2D eigenvalue weighted by Crippen LogP contribution is 2.08. The summed E-state index contributed by atoms with van der Waals surface area (Å²) in [7, 11) is 0. The monoisotopic (exact) mass is 266 g/mol. The number of unbranched alkanes of at least 4 members (excludes halogenated alkanes) is 6. The normalized spacial score (nSPS) is 21.9.